The fourth-order valence-electron chi connectivity index (χ4n) is 2.68. The molecular formula is C18H21N3O5S. The molecule has 144 valence electrons. The summed E-state index contributed by atoms with van der Waals surface area (Å²) in [5, 5.41) is 4.31. The number of hydrogen-bond acceptors (Lipinski definition) is 6. The Labute approximate surface area is 157 Å². The van der Waals surface area contributed by atoms with Crippen molar-refractivity contribution in [2.24, 2.45) is 0 Å². The molecule has 9 heteroatoms. The van der Waals surface area contributed by atoms with Gasteiger partial charge in [-0.1, -0.05) is 13.0 Å². The number of pyridine rings is 1. The molecular weight excluding hydrogens is 370 g/mol. The Balaban J connectivity index is 1.88. The molecule has 2 amide bonds. The van der Waals surface area contributed by atoms with Crippen molar-refractivity contribution in [3.63, 3.8) is 0 Å². The lowest BCUT2D eigenvalue weighted by Gasteiger charge is -2.19. The highest BCUT2D eigenvalue weighted by atomic mass is 32.2. The number of fused-ring (bicyclic) bond motifs is 1. The van der Waals surface area contributed by atoms with Gasteiger partial charge in [0.1, 0.15) is 5.25 Å². The van der Waals surface area contributed by atoms with Crippen molar-refractivity contribution in [3.05, 3.63) is 48.3 Å². The summed E-state index contributed by atoms with van der Waals surface area (Å²) < 4.78 is 37.0. The molecule has 0 saturated carbocycles. The van der Waals surface area contributed by atoms with Crippen LogP contribution in [0, 0.1) is 0 Å². The zero-order valence-corrected chi connectivity index (χ0v) is 15.7. The number of hydrogen-bond donors (Lipinski definition) is 2. The van der Waals surface area contributed by atoms with Gasteiger partial charge in [0.25, 0.3) is 0 Å². The molecule has 2 heterocycles. The van der Waals surface area contributed by atoms with Crippen molar-refractivity contribution in [1.82, 2.24) is 15.6 Å². The van der Waals surface area contributed by atoms with E-state index in [-0.39, 0.29) is 18.2 Å². The molecule has 3 rings (SSSR count). The first-order chi connectivity index (χ1) is 13.0. The highest BCUT2D eigenvalue weighted by Crippen LogP contribution is 2.37. The molecule has 27 heavy (non-hydrogen) atoms. The molecule has 0 bridgehead atoms. The van der Waals surface area contributed by atoms with Crippen LogP contribution < -0.4 is 20.1 Å². The molecule has 1 aliphatic rings. The van der Waals surface area contributed by atoms with E-state index in [2.05, 4.69) is 15.6 Å². The van der Waals surface area contributed by atoms with Crippen molar-refractivity contribution in [2.75, 3.05) is 19.9 Å². The Morgan fingerprint density at radius 2 is 2.04 bits per heavy atom. The van der Waals surface area contributed by atoms with Crippen LogP contribution in [0.1, 0.15) is 24.2 Å². The van der Waals surface area contributed by atoms with Gasteiger partial charge < -0.3 is 20.1 Å². The first kappa shape index (κ1) is 19.0. The van der Waals surface area contributed by atoms with Gasteiger partial charge in [-0.15, -0.1) is 0 Å². The SMILES string of the molecule is CCCNC(=O)NC[C@H](c1cccnc1)S(=O)(=O)c1ccc2c(c1)OCO2. The minimum Gasteiger partial charge on any atom is -0.454 e. The van der Waals surface area contributed by atoms with Crippen molar-refractivity contribution in [2.45, 2.75) is 23.5 Å². The first-order valence-electron chi connectivity index (χ1n) is 8.57. The summed E-state index contributed by atoms with van der Waals surface area (Å²) in [5.74, 6) is 0.888. The average molecular weight is 391 g/mol. The third-order valence-electron chi connectivity index (χ3n) is 4.09. The highest BCUT2D eigenvalue weighted by Gasteiger charge is 2.31. The van der Waals surface area contributed by atoms with Crippen LogP contribution in [0.15, 0.2) is 47.6 Å². The summed E-state index contributed by atoms with van der Waals surface area (Å²) in [6.07, 6.45) is 3.84. The number of carbonyl (C=O) groups is 1. The van der Waals surface area contributed by atoms with E-state index in [1.807, 2.05) is 6.92 Å². The molecule has 0 aliphatic carbocycles. The normalized spacial score (nSPS) is 13.8. The number of benzene rings is 1. The van der Waals surface area contributed by atoms with Gasteiger partial charge in [0.15, 0.2) is 21.3 Å². The zero-order chi connectivity index (χ0) is 19.3. The van der Waals surface area contributed by atoms with Gasteiger partial charge in [-0.3, -0.25) is 4.98 Å². The second-order valence-electron chi connectivity index (χ2n) is 5.97. The summed E-state index contributed by atoms with van der Waals surface area (Å²) >= 11 is 0. The minimum atomic E-state index is -3.81. The number of nitrogens with one attached hydrogen (secondary N) is 2. The molecule has 1 aliphatic heterocycles. The standard InChI is InChI=1S/C18H21N3O5S/c1-2-7-20-18(22)21-11-17(13-4-3-8-19-10-13)27(23,24)14-5-6-15-16(9-14)26-12-25-15/h3-6,8-10,17H,2,7,11-12H2,1H3,(H2,20,21,22)/t17-/m1/s1. The van der Waals surface area contributed by atoms with Gasteiger partial charge >= 0.3 is 6.03 Å². The fraction of sp³-hybridized carbons (Fsp3) is 0.333. The number of ether oxygens (including phenoxy) is 2. The van der Waals surface area contributed by atoms with Crippen molar-refractivity contribution in [1.29, 1.82) is 0 Å². The fourth-order valence-corrected chi connectivity index (χ4v) is 4.34. The van der Waals surface area contributed by atoms with Gasteiger partial charge in [0.05, 0.1) is 4.90 Å². The van der Waals surface area contributed by atoms with Crippen LogP contribution in [0.25, 0.3) is 0 Å². The van der Waals surface area contributed by atoms with E-state index in [4.69, 9.17) is 9.47 Å². The summed E-state index contributed by atoms with van der Waals surface area (Å²) in [6, 6.07) is 7.41. The van der Waals surface area contributed by atoms with Crippen LogP contribution in [-0.4, -0.2) is 39.3 Å². The number of sulfone groups is 1. The second-order valence-corrected chi connectivity index (χ2v) is 8.10. The predicted octanol–water partition coefficient (Wildman–Crippen LogP) is 2.03. The van der Waals surface area contributed by atoms with Crippen LogP contribution in [0.4, 0.5) is 4.79 Å². The summed E-state index contributed by atoms with van der Waals surface area (Å²) in [5.41, 5.74) is 0.492. The monoisotopic (exact) mass is 391 g/mol. The number of aromatic nitrogens is 1. The number of rotatable bonds is 7. The van der Waals surface area contributed by atoms with Gasteiger partial charge in [-0.25, -0.2) is 13.2 Å². The lowest BCUT2D eigenvalue weighted by molar-refractivity contribution is 0.174. The maximum absolute atomic E-state index is 13.3. The molecule has 0 fully saturated rings. The van der Waals surface area contributed by atoms with Gasteiger partial charge in [-0.05, 0) is 30.2 Å². The smallest absolute Gasteiger partial charge is 0.314 e. The Morgan fingerprint density at radius 1 is 1.22 bits per heavy atom. The number of amides is 2. The molecule has 1 atom stereocenters. The Bertz CT molecular complexity index is 902. The molecule has 0 spiro atoms. The summed E-state index contributed by atoms with van der Waals surface area (Å²) in [7, 11) is -3.81. The predicted molar refractivity (Wildman–Crippen MR) is 98.4 cm³/mol. The molecule has 0 saturated heterocycles. The third kappa shape index (κ3) is 4.30. The van der Waals surface area contributed by atoms with E-state index in [1.54, 1.807) is 24.4 Å². The van der Waals surface area contributed by atoms with Crippen molar-refractivity contribution in [3.8, 4) is 11.5 Å². The highest BCUT2D eigenvalue weighted by molar-refractivity contribution is 7.91. The molecule has 1 aromatic heterocycles. The molecule has 2 N–H and O–H groups in total. The number of urea groups is 1. The quantitative estimate of drug-likeness (QED) is 0.748. The van der Waals surface area contributed by atoms with Crippen LogP contribution in [0.5, 0.6) is 11.5 Å². The van der Waals surface area contributed by atoms with Gasteiger partial charge in [0, 0.05) is 31.5 Å². The molecule has 2 aromatic rings. The van der Waals surface area contributed by atoms with E-state index >= 15 is 0 Å². The van der Waals surface area contributed by atoms with E-state index in [9.17, 15) is 13.2 Å². The minimum absolute atomic E-state index is 0.0595. The summed E-state index contributed by atoms with van der Waals surface area (Å²) in [4.78, 5) is 16.0. The van der Waals surface area contributed by atoms with Crippen LogP contribution in [0.3, 0.4) is 0 Å². The van der Waals surface area contributed by atoms with E-state index < -0.39 is 21.1 Å². The summed E-state index contributed by atoms with van der Waals surface area (Å²) in [6.45, 7) is 2.42. The van der Waals surface area contributed by atoms with E-state index in [0.717, 1.165) is 6.42 Å². The van der Waals surface area contributed by atoms with Crippen LogP contribution in [-0.2, 0) is 9.84 Å². The van der Waals surface area contributed by atoms with Crippen molar-refractivity contribution >= 4 is 15.9 Å². The average Bonchev–Trinajstić information content (AvgIpc) is 3.15. The van der Waals surface area contributed by atoms with Gasteiger partial charge in [0.2, 0.25) is 6.79 Å². The maximum atomic E-state index is 13.3. The Hall–Kier alpha value is -2.81. The zero-order valence-electron chi connectivity index (χ0n) is 14.8. The first-order valence-corrected chi connectivity index (χ1v) is 10.1. The van der Waals surface area contributed by atoms with E-state index in [1.165, 1.54) is 18.3 Å². The molecule has 8 nitrogen and oxygen atoms in total. The van der Waals surface area contributed by atoms with E-state index in [0.29, 0.717) is 23.6 Å². The second kappa shape index (κ2) is 8.26. The Kier molecular flexibility index (Phi) is 5.80. The van der Waals surface area contributed by atoms with Crippen LogP contribution >= 0.6 is 0 Å². The molecule has 1 aromatic carbocycles. The third-order valence-corrected chi connectivity index (χ3v) is 6.19. The topological polar surface area (TPSA) is 107 Å². The number of nitrogens with zero attached hydrogens (tertiary/aromatic N) is 1. The van der Waals surface area contributed by atoms with Gasteiger partial charge in [-0.2, -0.15) is 0 Å². The Morgan fingerprint density at radius 3 is 2.78 bits per heavy atom. The lowest BCUT2D eigenvalue weighted by atomic mass is 10.2. The van der Waals surface area contributed by atoms with Crippen LogP contribution in [0.2, 0.25) is 0 Å². The molecule has 0 unspecified atom stereocenters. The van der Waals surface area contributed by atoms with Crippen molar-refractivity contribution < 1.29 is 22.7 Å². The number of carbonyl (C=O) groups excluding carboxylic acids is 1. The molecule has 0 radical (unpaired) electrons. The maximum Gasteiger partial charge on any atom is 0.314 e. The largest absolute Gasteiger partial charge is 0.454 e. The lowest BCUT2D eigenvalue weighted by Crippen LogP contribution is -2.39.